The van der Waals surface area contributed by atoms with Gasteiger partial charge in [-0.25, -0.2) is 6.07 Å². The second-order valence-corrected chi connectivity index (χ2v) is 8.87. The van der Waals surface area contributed by atoms with Gasteiger partial charge in [-0.15, -0.1) is 21.9 Å². The van der Waals surface area contributed by atoms with E-state index in [4.69, 9.17) is 39.5 Å². The van der Waals surface area contributed by atoms with Crippen LogP contribution in [-0.2, 0) is 39.1 Å². The molecule has 0 bridgehead atoms. The maximum atomic E-state index is 10.4. The predicted molar refractivity (Wildman–Crippen MR) is 105 cm³/mol. The minimum absolute atomic E-state index is 0. The molecule has 2 aromatic rings. The minimum atomic E-state index is -0.433. The molecule has 139 valence electrons. The normalized spacial score (nSPS) is 25.1. The quantitative estimate of drug-likeness (QED) is 0.376. The third-order valence-corrected chi connectivity index (χ3v) is 6.54. The van der Waals surface area contributed by atoms with E-state index in [9.17, 15) is 5.11 Å². The van der Waals surface area contributed by atoms with Crippen LogP contribution in [0.15, 0.2) is 30.3 Å². The van der Waals surface area contributed by atoms with Crippen molar-refractivity contribution in [3.05, 3.63) is 50.6 Å². The van der Waals surface area contributed by atoms with Gasteiger partial charge in [0.25, 0.3) is 0 Å². The van der Waals surface area contributed by atoms with E-state index in [0.717, 1.165) is 19.3 Å². The van der Waals surface area contributed by atoms with Crippen LogP contribution in [0.5, 0.6) is 5.75 Å². The molecule has 1 saturated carbocycles. The van der Waals surface area contributed by atoms with Crippen LogP contribution in [0.1, 0.15) is 24.1 Å². The SMILES string of the molecule is O[C@@H]1C[C@H](Cl)[C@H](CCCc2cc[c-]s2)[C@H]1COc1cc(Cl)cc(Cl)c1.[Y]. The summed E-state index contributed by atoms with van der Waals surface area (Å²) in [6.07, 6.45) is 3.24. The second kappa shape index (κ2) is 11.0. The number of ether oxygens (including phenoxy) is 1. The van der Waals surface area contributed by atoms with Crippen molar-refractivity contribution >= 4 is 46.1 Å². The van der Waals surface area contributed by atoms with Crippen molar-refractivity contribution in [3.63, 3.8) is 0 Å². The Hall–Kier alpha value is 0.654. The number of aryl methyl sites for hydroxylation is 1. The van der Waals surface area contributed by atoms with Gasteiger partial charge in [-0.3, -0.25) is 0 Å². The van der Waals surface area contributed by atoms with Crippen molar-refractivity contribution in [3.8, 4) is 5.75 Å². The molecule has 0 amide bonds. The van der Waals surface area contributed by atoms with E-state index in [0.29, 0.717) is 28.8 Å². The van der Waals surface area contributed by atoms with Crippen molar-refractivity contribution in [2.45, 2.75) is 37.2 Å². The fourth-order valence-electron chi connectivity index (χ4n) is 3.48. The first-order valence-electron chi connectivity index (χ1n) is 8.38. The number of rotatable bonds is 7. The van der Waals surface area contributed by atoms with E-state index < -0.39 is 6.10 Å². The maximum Gasteiger partial charge on any atom is 0.122 e. The summed E-state index contributed by atoms with van der Waals surface area (Å²) in [5, 5.41) is 14.6. The molecule has 0 unspecified atom stereocenters. The first-order valence-corrected chi connectivity index (χ1v) is 10.4. The molecule has 1 aliphatic carbocycles. The van der Waals surface area contributed by atoms with Crippen LogP contribution in [0.25, 0.3) is 0 Å². The summed E-state index contributed by atoms with van der Waals surface area (Å²) in [4.78, 5) is 1.34. The Morgan fingerprint density at radius 1 is 1.19 bits per heavy atom. The Labute approximate surface area is 199 Å². The number of aliphatic hydroxyl groups is 1. The number of hydrogen-bond donors (Lipinski definition) is 1. The molecule has 4 atom stereocenters. The zero-order valence-electron chi connectivity index (χ0n) is 14.2. The molecular formula is C19H20Cl3O2SY-. The van der Waals surface area contributed by atoms with Gasteiger partial charge in [0, 0.05) is 54.0 Å². The van der Waals surface area contributed by atoms with Gasteiger partial charge in [-0.05, 0) is 37.0 Å². The van der Waals surface area contributed by atoms with Crippen molar-refractivity contribution in [1.82, 2.24) is 0 Å². The maximum absolute atomic E-state index is 10.4. The summed E-state index contributed by atoms with van der Waals surface area (Å²) in [6.45, 7) is 0.415. The fourth-order valence-corrected chi connectivity index (χ4v) is 5.16. The van der Waals surface area contributed by atoms with Crippen LogP contribution in [-0.4, -0.2) is 23.2 Å². The van der Waals surface area contributed by atoms with E-state index in [1.807, 2.05) is 6.07 Å². The molecule has 1 aromatic carbocycles. The summed E-state index contributed by atoms with van der Waals surface area (Å²) in [6, 6.07) is 9.19. The molecule has 0 spiro atoms. The van der Waals surface area contributed by atoms with E-state index in [-0.39, 0.29) is 49.9 Å². The number of alkyl halides is 1. The molecule has 0 aliphatic heterocycles. The summed E-state index contributed by atoms with van der Waals surface area (Å²) < 4.78 is 5.86. The van der Waals surface area contributed by atoms with Crippen molar-refractivity contribution in [2.24, 2.45) is 11.8 Å². The molecule has 1 fully saturated rings. The molecule has 2 nitrogen and oxygen atoms in total. The Balaban J connectivity index is 0.00000243. The molecule has 1 heterocycles. The molecular weight excluding hydrogens is 488 g/mol. The summed E-state index contributed by atoms with van der Waals surface area (Å²) in [7, 11) is 0. The smallest absolute Gasteiger partial charge is 0.122 e. The monoisotopic (exact) mass is 506 g/mol. The number of halogens is 3. The van der Waals surface area contributed by atoms with Gasteiger partial charge in [0.05, 0.1) is 12.7 Å². The zero-order chi connectivity index (χ0) is 17.8. The fraction of sp³-hybridized carbons (Fsp3) is 0.474. The molecule has 1 aliphatic rings. The van der Waals surface area contributed by atoms with Gasteiger partial charge in [-0.2, -0.15) is 6.07 Å². The van der Waals surface area contributed by atoms with E-state index in [2.05, 4.69) is 11.4 Å². The van der Waals surface area contributed by atoms with Crippen molar-refractivity contribution in [2.75, 3.05) is 6.61 Å². The average molecular weight is 508 g/mol. The Bertz CT molecular complexity index is 663. The van der Waals surface area contributed by atoms with Gasteiger partial charge >= 0.3 is 0 Å². The van der Waals surface area contributed by atoms with E-state index >= 15 is 0 Å². The summed E-state index contributed by atoms with van der Waals surface area (Å²) >= 11 is 20.2. The Morgan fingerprint density at radius 3 is 2.58 bits per heavy atom. The van der Waals surface area contributed by atoms with Gasteiger partial charge < -0.3 is 21.2 Å². The van der Waals surface area contributed by atoms with Crippen molar-refractivity contribution < 1.29 is 42.6 Å². The van der Waals surface area contributed by atoms with Gasteiger partial charge in [-0.1, -0.05) is 36.0 Å². The number of aliphatic hydroxyl groups excluding tert-OH is 1. The van der Waals surface area contributed by atoms with Crippen LogP contribution in [0.2, 0.25) is 10.0 Å². The van der Waals surface area contributed by atoms with Crippen LogP contribution in [0, 0.1) is 17.2 Å². The molecule has 1 radical (unpaired) electrons. The Morgan fingerprint density at radius 2 is 1.92 bits per heavy atom. The van der Waals surface area contributed by atoms with E-state index in [1.54, 1.807) is 29.5 Å². The van der Waals surface area contributed by atoms with E-state index in [1.165, 1.54) is 4.88 Å². The average Bonchev–Trinajstić information content (AvgIpc) is 3.14. The largest absolute Gasteiger partial charge is 0.493 e. The minimum Gasteiger partial charge on any atom is -0.493 e. The van der Waals surface area contributed by atoms with Gasteiger partial charge in [0.2, 0.25) is 0 Å². The van der Waals surface area contributed by atoms with Gasteiger partial charge in [0.1, 0.15) is 5.75 Å². The van der Waals surface area contributed by atoms with Crippen molar-refractivity contribution in [1.29, 1.82) is 0 Å². The van der Waals surface area contributed by atoms with Crippen LogP contribution in [0.4, 0.5) is 0 Å². The van der Waals surface area contributed by atoms with Crippen LogP contribution in [0.3, 0.4) is 0 Å². The number of thiophene rings is 1. The third-order valence-electron chi connectivity index (χ3n) is 4.74. The molecule has 26 heavy (non-hydrogen) atoms. The molecule has 7 heteroatoms. The number of hydrogen-bond acceptors (Lipinski definition) is 3. The molecule has 0 saturated heterocycles. The standard InChI is InChI=1S/C19H20Cl3O2S.Y/c20-12-7-13(21)9-14(8-12)24-11-17-16(18(22)10-19(17)23)5-1-3-15-4-2-6-25-15;/h2,4,7-9,16-19,23H,1,3,5,10-11H2;/q-1;/t16-,17-,18+,19-;/m1./s1. The molecule has 3 rings (SSSR count). The van der Waals surface area contributed by atoms with Crippen LogP contribution < -0.4 is 4.74 Å². The predicted octanol–water partition coefficient (Wildman–Crippen LogP) is 5.86. The zero-order valence-corrected chi connectivity index (χ0v) is 20.1. The first kappa shape index (κ1) is 22.9. The van der Waals surface area contributed by atoms with Gasteiger partial charge in [0.15, 0.2) is 0 Å². The number of benzene rings is 1. The molecule has 1 aromatic heterocycles. The molecule has 1 N–H and O–H groups in total. The third kappa shape index (κ3) is 6.34. The first-order chi connectivity index (χ1) is 12.0. The van der Waals surface area contributed by atoms with Crippen LogP contribution >= 0.6 is 46.1 Å². The summed E-state index contributed by atoms with van der Waals surface area (Å²) in [5.41, 5.74) is 0. The second-order valence-electron chi connectivity index (χ2n) is 6.47. The topological polar surface area (TPSA) is 29.5 Å². The Kier molecular flexibility index (Phi) is 9.70. The summed E-state index contributed by atoms with van der Waals surface area (Å²) in [5.74, 6) is 0.890.